The monoisotopic (exact) mass is 517 g/mol. The van der Waals surface area contributed by atoms with Gasteiger partial charge in [0.2, 0.25) is 0 Å². The minimum atomic E-state index is -3.98. The molecule has 0 bridgehead atoms. The molecule has 0 atom stereocenters. The Morgan fingerprint density at radius 1 is 1.03 bits per heavy atom. The largest absolute Gasteiger partial charge is 0.379 e. The van der Waals surface area contributed by atoms with E-state index in [1.807, 2.05) is 6.92 Å². The summed E-state index contributed by atoms with van der Waals surface area (Å²) in [6.07, 6.45) is 1.52. The maximum absolute atomic E-state index is 13.3. The Kier molecular flexibility index (Phi) is 6.79. The normalized spacial score (nSPS) is 15.3. The molecule has 1 fully saturated rings. The molecule has 10 heteroatoms. The quantitative estimate of drug-likeness (QED) is 0.304. The molecule has 0 radical (unpaired) electrons. The number of carbonyl (C=O) groups excluding carboxylic acids is 2. The van der Waals surface area contributed by atoms with Crippen LogP contribution < -0.4 is 4.18 Å². The third-order valence-corrected chi connectivity index (χ3v) is 7.43. The van der Waals surface area contributed by atoms with Crippen LogP contribution in [-0.4, -0.2) is 24.5 Å². The van der Waals surface area contributed by atoms with Gasteiger partial charge in [-0.1, -0.05) is 47.5 Å². The number of amides is 2. The number of aryl methyl sites for hydroxylation is 1. The van der Waals surface area contributed by atoms with Crippen LogP contribution in [0.2, 0.25) is 5.02 Å². The highest BCUT2D eigenvalue weighted by molar-refractivity contribution is 8.18. The van der Waals surface area contributed by atoms with Gasteiger partial charge in [0.25, 0.3) is 11.1 Å². The molecule has 1 aliphatic rings. The minimum Gasteiger partial charge on any atom is -0.379 e. The van der Waals surface area contributed by atoms with Crippen LogP contribution in [0.25, 0.3) is 6.08 Å². The number of benzene rings is 3. The van der Waals surface area contributed by atoms with Crippen LogP contribution >= 0.6 is 23.4 Å². The van der Waals surface area contributed by atoms with Gasteiger partial charge in [0, 0.05) is 5.02 Å². The number of thioether (sulfide) groups is 1. The van der Waals surface area contributed by atoms with Crippen molar-refractivity contribution in [2.75, 3.05) is 0 Å². The van der Waals surface area contributed by atoms with E-state index in [4.69, 9.17) is 15.8 Å². The molecule has 1 heterocycles. The summed E-state index contributed by atoms with van der Waals surface area (Å²) in [6, 6.07) is 16.1. The Labute approximate surface area is 205 Å². The molecule has 0 saturated carbocycles. The van der Waals surface area contributed by atoms with Crippen molar-refractivity contribution in [3.63, 3.8) is 0 Å². The van der Waals surface area contributed by atoms with Crippen LogP contribution in [0.4, 0.5) is 9.18 Å². The van der Waals surface area contributed by atoms with Crippen LogP contribution in [0.1, 0.15) is 16.7 Å². The van der Waals surface area contributed by atoms with Crippen molar-refractivity contribution in [1.82, 2.24) is 4.90 Å². The number of hydrogen-bond donors (Lipinski definition) is 0. The van der Waals surface area contributed by atoms with E-state index >= 15 is 0 Å². The van der Waals surface area contributed by atoms with Gasteiger partial charge in [-0.15, -0.1) is 0 Å². The van der Waals surface area contributed by atoms with E-state index in [1.165, 1.54) is 42.5 Å². The van der Waals surface area contributed by atoms with Crippen molar-refractivity contribution in [2.24, 2.45) is 0 Å². The third-order valence-electron chi connectivity index (χ3n) is 4.91. The zero-order valence-electron chi connectivity index (χ0n) is 17.7. The molecule has 0 unspecified atom stereocenters. The van der Waals surface area contributed by atoms with E-state index in [-0.39, 0.29) is 27.1 Å². The lowest BCUT2D eigenvalue weighted by Crippen LogP contribution is -2.27. The standard InChI is InChI=1S/C24H17ClFNO5S2/c1-15-2-10-20(11-3-15)34(30,31)32-19-8-4-16(5-9-19)12-22-23(28)27(24(29)33-22)14-17-6-7-18(26)13-21(17)25/h2-13H,14H2,1H3/b22-12-. The predicted molar refractivity (Wildman–Crippen MR) is 128 cm³/mol. The summed E-state index contributed by atoms with van der Waals surface area (Å²) >= 11 is 6.78. The van der Waals surface area contributed by atoms with E-state index in [9.17, 15) is 22.4 Å². The van der Waals surface area contributed by atoms with Crippen molar-refractivity contribution in [2.45, 2.75) is 18.4 Å². The first-order valence-corrected chi connectivity index (χ1v) is 12.5. The van der Waals surface area contributed by atoms with Gasteiger partial charge < -0.3 is 4.18 Å². The molecule has 0 N–H and O–H groups in total. The summed E-state index contributed by atoms with van der Waals surface area (Å²) in [5.41, 5.74) is 1.95. The van der Waals surface area contributed by atoms with E-state index in [1.54, 1.807) is 24.3 Å². The highest BCUT2D eigenvalue weighted by Crippen LogP contribution is 2.34. The molecule has 1 saturated heterocycles. The average Bonchev–Trinajstić information content (AvgIpc) is 3.04. The first kappa shape index (κ1) is 24.0. The Morgan fingerprint density at radius 3 is 2.35 bits per heavy atom. The molecule has 34 heavy (non-hydrogen) atoms. The number of hydrogen-bond acceptors (Lipinski definition) is 6. The summed E-state index contributed by atoms with van der Waals surface area (Å²) in [7, 11) is -3.98. The van der Waals surface area contributed by atoms with Gasteiger partial charge in [-0.3, -0.25) is 14.5 Å². The van der Waals surface area contributed by atoms with Gasteiger partial charge in [0.05, 0.1) is 11.4 Å². The first-order chi connectivity index (χ1) is 16.1. The summed E-state index contributed by atoms with van der Waals surface area (Å²) in [4.78, 5) is 26.4. The number of imide groups is 1. The summed E-state index contributed by atoms with van der Waals surface area (Å²) in [6.45, 7) is 1.77. The molecule has 0 spiro atoms. The highest BCUT2D eigenvalue weighted by Gasteiger charge is 2.35. The molecular formula is C24H17ClFNO5S2. The van der Waals surface area contributed by atoms with Crippen molar-refractivity contribution in [3.8, 4) is 5.75 Å². The van der Waals surface area contributed by atoms with Crippen LogP contribution in [0.5, 0.6) is 5.75 Å². The Hall–Kier alpha value is -3.14. The first-order valence-electron chi connectivity index (χ1n) is 9.93. The molecule has 174 valence electrons. The summed E-state index contributed by atoms with van der Waals surface area (Å²) in [5, 5.41) is -0.347. The van der Waals surface area contributed by atoms with Crippen LogP contribution in [0.3, 0.4) is 0 Å². The third kappa shape index (κ3) is 5.32. The van der Waals surface area contributed by atoms with E-state index in [0.29, 0.717) is 11.1 Å². The molecule has 6 nitrogen and oxygen atoms in total. The predicted octanol–water partition coefficient (Wildman–Crippen LogP) is 5.79. The SMILES string of the molecule is Cc1ccc(S(=O)(=O)Oc2ccc(/C=C3\SC(=O)N(Cc4ccc(F)cc4Cl)C3=O)cc2)cc1. The van der Waals surface area contributed by atoms with Crippen molar-refractivity contribution in [1.29, 1.82) is 0 Å². The number of nitrogens with zero attached hydrogens (tertiary/aromatic N) is 1. The van der Waals surface area contributed by atoms with Gasteiger partial charge in [-0.2, -0.15) is 8.42 Å². The lowest BCUT2D eigenvalue weighted by Gasteiger charge is -2.13. The highest BCUT2D eigenvalue weighted by atomic mass is 35.5. The number of carbonyl (C=O) groups is 2. The zero-order valence-corrected chi connectivity index (χ0v) is 20.1. The second-order valence-electron chi connectivity index (χ2n) is 7.42. The summed E-state index contributed by atoms with van der Waals surface area (Å²) in [5.74, 6) is -0.906. The molecule has 3 aromatic rings. The van der Waals surface area contributed by atoms with Crippen molar-refractivity contribution in [3.05, 3.63) is 99.2 Å². The zero-order chi connectivity index (χ0) is 24.5. The maximum Gasteiger partial charge on any atom is 0.339 e. The fourth-order valence-electron chi connectivity index (χ4n) is 3.11. The molecule has 0 aliphatic carbocycles. The van der Waals surface area contributed by atoms with Crippen molar-refractivity contribution >= 4 is 50.7 Å². The Morgan fingerprint density at radius 2 is 1.71 bits per heavy atom. The lowest BCUT2D eigenvalue weighted by molar-refractivity contribution is -0.123. The van der Waals surface area contributed by atoms with Crippen molar-refractivity contribution < 1.29 is 26.6 Å². The van der Waals surface area contributed by atoms with Gasteiger partial charge in [0.1, 0.15) is 16.5 Å². The van der Waals surface area contributed by atoms with E-state index in [2.05, 4.69) is 0 Å². The van der Waals surface area contributed by atoms with Crippen LogP contribution in [0, 0.1) is 12.7 Å². The van der Waals surface area contributed by atoms with Gasteiger partial charge in [-0.05, 0) is 72.3 Å². The molecule has 2 amide bonds. The second-order valence-corrected chi connectivity index (χ2v) is 10.4. The van der Waals surface area contributed by atoms with E-state index < -0.39 is 27.1 Å². The fourth-order valence-corrected chi connectivity index (χ4v) is 5.10. The average molecular weight is 518 g/mol. The molecular weight excluding hydrogens is 501 g/mol. The minimum absolute atomic E-state index is 0.0390. The van der Waals surface area contributed by atoms with E-state index in [0.717, 1.165) is 28.3 Å². The lowest BCUT2D eigenvalue weighted by atomic mass is 10.2. The topological polar surface area (TPSA) is 80.8 Å². The van der Waals surface area contributed by atoms with Gasteiger partial charge in [-0.25, -0.2) is 4.39 Å². The molecule has 0 aromatic heterocycles. The van der Waals surface area contributed by atoms with Gasteiger partial charge in [0.15, 0.2) is 0 Å². The maximum atomic E-state index is 13.3. The molecule has 4 rings (SSSR count). The fraction of sp³-hybridized carbons (Fsp3) is 0.0833. The number of halogens is 2. The van der Waals surface area contributed by atoms with Crippen LogP contribution in [0.15, 0.2) is 76.5 Å². The summed E-state index contributed by atoms with van der Waals surface area (Å²) < 4.78 is 43.3. The number of rotatable bonds is 6. The van der Waals surface area contributed by atoms with Crippen LogP contribution in [-0.2, 0) is 21.5 Å². The Bertz CT molecular complexity index is 1400. The smallest absolute Gasteiger partial charge is 0.339 e. The second kappa shape index (κ2) is 9.61. The molecule has 3 aromatic carbocycles. The molecule has 1 aliphatic heterocycles. The Balaban J connectivity index is 1.47. The van der Waals surface area contributed by atoms with Gasteiger partial charge >= 0.3 is 10.1 Å².